The average molecular weight is 315 g/mol. The molecule has 2 fully saturated rings. The SMILES string of the molecule is O=C(c1cccc(F)c1Cl)C1CCOC2(CCSC2)C1. The average Bonchev–Trinajstić information content (AvgIpc) is 2.89. The van der Waals surface area contributed by atoms with Gasteiger partial charge in [0.2, 0.25) is 0 Å². The van der Waals surface area contributed by atoms with Crippen molar-refractivity contribution in [3.05, 3.63) is 34.6 Å². The first-order chi connectivity index (χ1) is 9.61. The van der Waals surface area contributed by atoms with Crippen molar-refractivity contribution >= 4 is 29.1 Å². The summed E-state index contributed by atoms with van der Waals surface area (Å²) in [5.41, 5.74) is 0.155. The highest BCUT2D eigenvalue weighted by Gasteiger charge is 2.42. The van der Waals surface area contributed by atoms with Crippen LogP contribution in [-0.2, 0) is 4.74 Å². The molecule has 2 unspecified atom stereocenters. The number of hydrogen-bond acceptors (Lipinski definition) is 3. The van der Waals surface area contributed by atoms with Crippen LogP contribution in [0.2, 0.25) is 5.02 Å². The Bertz CT molecular complexity index is 529. The minimum Gasteiger partial charge on any atom is -0.374 e. The fourth-order valence-electron chi connectivity index (χ4n) is 3.03. The first-order valence-corrected chi connectivity index (χ1v) is 8.34. The number of ketones is 1. The fourth-order valence-corrected chi connectivity index (χ4v) is 4.63. The first-order valence-electron chi connectivity index (χ1n) is 6.81. The van der Waals surface area contributed by atoms with Crippen LogP contribution in [0.25, 0.3) is 0 Å². The first kappa shape index (κ1) is 14.4. The minimum atomic E-state index is -0.532. The predicted molar refractivity (Wildman–Crippen MR) is 79.1 cm³/mol. The van der Waals surface area contributed by atoms with Gasteiger partial charge in [-0.3, -0.25) is 4.79 Å². The Kier molecular flexibility index (Phi) is 4.07. The van der Waals surface area contributed by atoms with Gasteiger partial charge in [-0.15, -0.1) is 0 Å². The summed E-state index contributed by atoms with van der Waals surface area (Å²) in [5, 5.41) is -0.0566. The van der Waals surface area contributed by atoms with Crippen LogP contribution in [0.1, 0.15) is 29.6 Å². The molecule has 20 heavy (non-hydrogen) atoms. The van der Waals surface area contributed by atoms with Crippen LogP contribution in [0, 0.1) is 11.7 Å². The Morgan fingerprint density at radius 2 is 2.35 bits per heavy atom. The summed E-state index contributed by atoms with van der Waals surface area (Å²) in [6, 6.07) is 4.42. The number of carbonyl (C=O) groups is 1. The van der Waals surface area contributed by atoms with Crippen molar-refractivity contribution < 1.29 is 13.9 Å². The third kappa shape index (κ3) is 2.61. The van der Waals surface area contributed by atoms with E-state index in [9.17, 15) is 9.18 Å². The molecule has 0 bridgehead atoms. The van der Waals surface area contributed by atoms with Gasteiger partial charge in [-0.2, -0.15) is 11.8 Å². The molecule has 2 heterocycles. The van der Waals surface area contributed by atoms with Crippen LogP contribution in [-0.4, -0.2) is 29.5 Å². The van der Waals surface area contributed by atoms with E-state index in [1.807, 2.05) is 11.8 Å². The van der Waals surface area contributed by atoms with Crippen molar-refractivity contribution in [1.29, 1.82) is 0 Å². The molecule has 2 atom stereocenters. The van der Waals surface area contributed by atoms with Gasteiger partial charge in [0, 0.05) is 23.8 Å². The molecule has 108 valence electrons. The van der Waals surface area contributed by atoms with E-state index in [-0.39, 0.29) is 22.3 Å². The van der Waals surface area contributed by atoms with Crippen LogP contribution >= 0.6 is 23.4 Å². The summed E-state index contributed by atoms with van der Waals surface area (Å²) in [6.07, 6.45) is 2.42. The van der Waals surface area contributed by atoms with Crippen molar-refractivity contribution in [1.82, 2.24) is 0 Å². The van der Waals surface area contributed by atoms with Gasteiger partial charge >= 0.3 is 0 Å². The maximum Gasteiger partial charge on any atom is 0.167 e. The summed E-state index contributed by atoms with van der Waals surface area (Å²) >= 11 is 7.80. The van der Waals surface area contributed by atoms with E-state index in [0.29, 0.717) is 18.6 Å². The lowest BCUT2D eigenvalue weighted by molar-refractivity contribution is -0.0734. The molecule has 3 rings (SSSR count). The molecule has 0 saturated carbocycles. The quantitative estimate of drug-likeness (QED) is 0.773. The highest BCUT2D eigenvalue weighted by Crippen LogP contribution is 2.41. The second-order valence-electron chi connectivity index (χ2n) is 5.49. The summed E-state index contributed by atoms with van der Waals surface area (Å²) in [6.45, 7) is 0.601. The van der Waals surface area contributed by atoms with Crippen LogP contribution < -0.4 is 0 Å². The number of thioether (sulfide) groups is 1. The van der Waals surface area contributed by atoms with Gasteiger partial charge in [-0.1, -0.05) is 17.7 Å². The van der Waals surface area contributed by atoms with Crippen LogP contribution in [0.15, 0.2) is 18.2 Å². The van der Waals surface area contributed by atoms with E-state index < -0.39 is 5.82 Å². The maximum absolute atomic E-state index is 13.5. The topological polar surface area (TPSA) is 26.3 Å². The molecule has 0 aliphatic carbocycles. The molecule has 5 heteroatoms. The number of rotatable bonds is 2. The summed E-state index contributed by atoms with van der Waals surface area (Å²) in [7, 11) is 0. The zero-order valence-electron chi connectivity index (χ0n) is 11.0. The third-order valence-electron chi connectivity index (χ3n) is 4.15. The second-order valence-corrected chi connectivity index (χ2v) is 6.97. The number of hydrogen-bond donors (Lipinski definition) is 0. The van der Waals surface area contributed by atoms with Gasteiger partial charge in [0.05, 0.1) is 10.6 Å². The van der Waals surface area contributed by atoms with Crippen molar-refractivity contribution in [3.8, 4) is 0 Å². The zero-order valence-corrected chi connectivity index (χ0v) is 12.6. The number of ether oxygens (including phenoxy) is 1. The lowest BCUT2D eigenvalue weighted by Gasteiger charge is -2.37. The molecule has 1 aromatic carbocycles. The summed E-state index contributed by atoms with van der Waals surface area (Å²) in [5.74, 6) is 1.35. The van der Waals surface area contributed by atoms with Gasteiger partial charge < -0.3 is 4.74 Å². The van der Waals surface area contributed by atoms with Crippen molar-refractivity contribution in [2.24, 2.45) is 5.92 Å². The predicted octanol–water partition coefficient (Wildman–Crippen LogP) is 3.96. The fraction of sp³-hybridized carbons (Fsp3) is 0.533. The number of halogens is 2. The molecule has 1 spiro atoms. The lowest BCUT2D eigenvalue weighted by Crippen LogP contribution is -2.42. The smallest absolute Gasteiger partial charge is 0.167 e. The van der Waals surface area contributed by atoms with Gasteiger partial charge in [0.25, 0.3) is 0 Å². The minimum absolute atomic E-state index is 0.0472. The standard InChI is InChI=1S/C15H16ClFO2S/c16-13-11(2-1-3-12(13)17)14(18)10-4-6-19-15(8-10)5-7-20-9-15/h1-3,10H,4-9H2. The van der Waals surface area contributed by atoms with Gasteiger partial charge in [-0.25, -0.2) is 4.39 Å². The normalized spacial score (nSPS) is 29.8. The van der Waals surface area contributed by atoms with E-state index in [1.165, 1.54) is 12.1 Å². The molecule has 0 N–H and O–H groups in total. The summed E-state index contributed by atoms with van der Waals surface area (Å²) < 4.78 is 19.4. The van der Waals surface area contributed by atoms with Crippen molar-refractivity contribution in [2.75, 3.05) is 18.1 Å². The highest BCUT2D eigenvalue weighted by molar-refractivity contribution is 7.99. The molecule has 0 radical (unpaired) electrons. The second kappa shape index (κ2) is 5.66. The van der Waals surface area contributed by atoms with E-state index >= 15 is 0 Å². The summed E-state index contributed by atoms with van der Waals surface area (Å²) in [4.78, 5) is 12.6. The zero-order chi connectivity index (χ0) is 14.2. The Balaban J connectivity index is 1.81. The highest BCUT2D eigenvalue weighted by atomic mass is 35.5. The molecule has 2 saturated heterocycles. The molecule has 0 aromatic heterocycles. The molecular formula is C15H16ClFO2S. The molecule has 2 aliphatic rings. The van der Waals surface area contributed by atoms with E-state index in [4.69, 9.17) is 16.3 Å². The lowest BCUT2D eigenvalue weighted by atomic mass is 9.81. The van der Waals surface area contributed by atoms with Gasteiger partial charge in [-0.05, 0) is 37.1 Å². The Hall–Kier alpha value is -0.580. The van der Waals surface area contributed by atoms with E-state index in [1.54, 1.807) is 6.07 Å². The monoisotopic (exact) mass is 314 g/mol. The Morgan fingerprint density at radius 3 is 3.10 bits per heavy atom. The van der Waals surface area contributed by atoms with Crippen molar-refractivity contribution in [3.63, 3.8) is 0 Å². The van der Waals surface area contributed by atoms with Crippen LogP contribution in [0.3, 0.4) is 0 Å². The van der Waals surface area contributed by atoms with Crippen molar-refractivity contribution in [2.45, 2.75) is 24.9 Å². The Labute approximate surface area is 127 Å². The van der Waals surface area contributed by atoms with Crippen LogP contribution in [0.4, 0.5) is 4.39 Å². The molecule has 1 aromatic rings. The Morgan fingerprint density at radius 1 is 1.50 bits per heavy atom. The van der Waals surface area contributed by atoms with Gasteiger partial charge in [0.15, 0.2) is 5.78 Å². The molecule has 2 aliphatic heterocycles. The third-order valence-corrected chi connectivity index (χ3v) is 5.76. The molecular weight excluding hydrogens is 299 g/mol. The van der Waals surface area contributed by atoms with Gasteiger partial charge in [0.1, 0.15) is 5.82 Å². The number of benzene rings is 1. The van der Waals surface area contributed by atoms with E-state index in [2.05, 4.69) is 0 Å². The molecule has 2 nitrogen and oxygen atoms in total. The van der Waals surface area contributed by atoms with E-state index in [0.717, 1.165) is 24.3 Å². The number of Topliss-reactive ketones (excluding diaryl/α,β-unsaturated/α-hetero) is 1. The van der Waals surface area contributed by atoms with Crippen LogP contribution in [0.5, 0.6) is 0 Å². The maximum atomic E-state index is 13.5. The largest absolute Gasteiger partial charge is 0.374 e. The molecule has 0 amide bonds. The number of carbonyl (C=O) groups excluding carboxylic acids is 1.